The van der Waals surface area contributed by atoms with Crippen LogP contribution in [0.1, 0.15) is 29.1 Å². The summed E-state index contributed by atoms with van der Waals surface area (Å²) in [6.07, 6.45) is 3.27. The molecule has 3 aromatic heterocycles. The summed E-state index contributed by atoms with van der Waals surface area (Å²) < 4.78 is 7.53. The highest BCUT2D eigenvalue weighted by Gasteiger charge is 2.22. The van der Waals surface area contributed by atoms with Crippen LogP contribution < -0.4 is 10.2 Å². The average molecular weight is 435 g/mol. The van der Waals surface area contributed by atoms with Crippen LogP contribution in [0.25, 0.3) is 17.0 Å². The second-order valence-electron chi connectivity index (χ2n) is 7.41. The van der Waals surface area contributed by atoms with Crippen molar-refractivity contribution in [2.75, 3.05) is 16.8 Å². The number of hydrogen-bond acceptors (Lipinski definition) is 4. The van der Waals surface area contributed by atoms with Gasteiger partial charge in [0.1, 0.15) is 11.6 Å². The highest BCUT2D eigenvalue weighted by molar-refractivity contribution is 6.33. The average Bonchev–Trinajstić information content (AvgIpc) is 3.49. The zero-order chi connectivity index (χ0) is 21.5. The van der Waals surface area contributed by atoms with Crippen LogP contribution >= 0.6 is 11.6 Å². The number of nitrogens with zero attached hydrogens (tertiary/aromatic N) is 3. The molecular weight excluding hydrogens is 416 g/mol. The van der Waals surface area contributed by atoms with Gasteiger partial charge in [0.15, 0.2) is 11.4 Å². The number of carbonyl (C=O) groups excluding carboxylic acids is 2. The second-order valence-corrected chi connectivity index (χ2v) is 7.82. The third kappa shape index (κ3) is 3.47. The number of halogens is 1. The molecule has 0 radical (unpaired) electrons. The number of aryl methyl sites for hydroxylation is 1. The van der Waals surface area contributed by atoms with Crippen molar-refractivity contribution in [3.05, 3.63) is 71.2 Å². The molecule has 0 saturated carbocycles. The Morgan fingerprint density at radius 2 is 1.97 bits per heavy atom. The maximum Gasteiger partial charge on any atom is 0.292 e. The van der Waals surface area contributed by atoms with Gasteiger partial charge in [-0.2, -0.15) is 0 Å². The maximum absolute atomic E-state index is 12.8. The van der Waals surface area contributed by atoms with Gasteiger partial charge in [-0.3, -0.25) is 14.0 Å². The van der Waals surface area contributed by atoms with Crippen molar-refractivity contribution >= 4 is 40.6 Å². The minimum Gasteiger partial charge on any atom is -0.451 e. The van der Waals surface area contributed by atoms with Crippen LogP contribution in [0.5, 0.6) is 0 Å². The van der Waals surface area contributed by atoms with Gasteiger partial charge in [-0.15, -0.1) is 0 Å². The van der Waals surface area contributed by atoms with Crippen LogP contribution in [0.3, 0.4) is 0 Å². The van der Waals surface area contributed by atoms with Crippen LogP contribution in [0, 0.1) is 6.92 Å². The number of carbonyl (C=O) groups is 2. The van der Waals surface area contributed by atoms with Gasteiger partial charge in [0.2, 0.25) is 5.91 Å². The highest BCUT2D eigenvalue weighted by Crippen LogP contribution is 2.28. The van der Waals surface area contributed by atoms with E-state index < -0.39 is 0 Å². The molecule has 0 unspecified atom stereocenters. The van der Waals surface area contributed by atoms with E-state index in [1.54, 1.807) is 46.7 Å². The van der Waals surface area contributed by atoms with Gasteiger partial charge < -0.3 is 14.6 Å². The van der Waals surface area contributed by atoms with E-state index in [1.807, 2.05) is 24.3 Å². The van der Waals surface area contributed by atoms with Crippen LogP contribution in [-0.4, -0.2) is 27.7 Å². The minimum atomic E-state index is -0.379. The number of furan rings is 1. The van der Waals surface area contributed by atoms with Crippen molar-refractivity contribution in [3.8, 4) is 11.3 Å². The lowest BCUT2D eigenvalue weighted by atomic mass is 10.1. The highest BCUT2D eigenvalue weighted by atomic mass is 35.5. The zero-order valence-electron chi connectivity index (χ0n) is 16.8. The largest absolute Gasteiger partial charge is 0.451 e. The molecule has 8 heteroatoms. The van der Waals surface area contributed by atoms with Crippen LogP contribution in [0.2, 0.25) is 5.02 Å². The lowest BCUT2D eigenvalue weighted by Crippen LogP contribution is -2.23. The van der Waals surface area contributed by atoms with Crippen molar-refractivity contribution in [3.63, 3.8) is 0 Å². The number of aromatic nitrogens is 2. The molecule has 1 fully saturated rings. The van der Waals surface area contributed by atoms with E-state index >= 15 is 0 Å². The Morgan fingerprint density at radius 1 is 1.16 bits per heavy atom. The molecule has 0 aliphatic carbocycles. The molecule has 4 aromatic rings. The molecule has 156 valence electrons. The Bertz CT molecular complexity index is 1310. The van der Waals surface area contributed by atoms with Gasteiger partial charge in [-0.05, 0) is 61.9 Å². The lowest BCUT2D eigenvalue weighted by Gasteiger charge is -2.15. The number of nitrogens with one attached hydrogen (secondary N) is 1. The van der Waals surface area contributed by atoms with E-state index in [9.17, 15) is 9.59 Å². The number of pyridine rings is 1. The van der Waals surface area contributed by atoms with Crippen molar-refractivity contribution < 1.29 is 14.0 Å². The topological polar surface area (TPSA) is 79.9 Å². The predicted molar refractivity (Wildman–Crippen MR) is 119 cm³/mol. The molecule has 31 heavy (non-hydrogen) atoms. The molecule has 0 bridgehead atoms. The molecule has 7 nitrogen and oxygen atoms in total. The molecule has 1 N–H and O–H groups in total. The molecule has 1 aromatic carbocycles. The number of fused-ring (bicyclic) bond motifs is 1. The first-order valence-electron chi connectivity index (χ1n) is 9.96. The first-order chi connectivity index (χ1) is 15.0. The Balaban J connectivity index is 1.36. The first-order valence-corrected chi connectivity index (χ1v) is 10.3. The summed E-state index contributed by atoms with van der Waals surface area (Å²) in [5.74, 6) is 1.07. The van der Waals surface area contributed by atoms with Gasteiger partial charge in [0.25, 0.3) is 5.91 Å². The summed E-state index contributed by atoms with van der Waals surface area (Å²) in [4.78, 5) is 30.9. The number of hydrogen-bond donors (Lipinski definition) is 1. The molecule has 2 amide bonds. The van der Waals surface area contributed by atoms with Crippen LogP contribution in [0.4, 0.5) is 11.5 Å². The van der Waals surface area contributed by atoms with Gasteiger partial charge in [-0.25, -0.2) is 4.98 Å². The summed E-state index contributed by atoms with van der Waals surface area (Å²) >= 11 is 6.19. The van der Waals surface area contributed by atoms with E-state index in [0.29, 0.717) is 34.4 Å². The summed E-state index contributed by atoms with van der Waals surface area (Å²) in [6.45, 7) is 2.55. The fraction of sp³-hybridized carbons (Fsp3) is 0.174. The number of imidazole rings is 1. The standard InChI is InChI=1S/C23H19ClN4O3/c1-14-21(28-13-2-4-17(24)22(28)25-14)26-23(30)19-11-10-18(31-19)15-6-8-16(9-7-15)27-12-3-5-20(27)29/h2,4,6-11,13H,3,5,12H2,1H3,(H,26,30). The summed E-state index contributed by atoms with van der Waals surface area (Å²) in [5, 5.41) is 3.36. The molecule has 4 heterocycles. The van der Waals surface area contributed by atoms with Gasteiger partial charge in [0, 0.05) is 30.4 Å². The minimum absolute atomic E-state index is 0.147. The quantitative estimate of drug-likeness (QED) is 0.493. The van der Waals surface area contributed by atoms with E-state index in [-0.39, 0.29) is 17.6 Å². The lowest BCUT2D eigenvalue weighted by molar-refractivity contribution is -0.117. The van der Waals surface area contributed by atoms with Crippen molar-refractivity contribution in [2.45, 2.75) is 19.8 Å². The van der Waals surface area contributed by atoms with Gasteiger partial charge >= 0.3 is 0 Å². The summed E-state index contributed by atoms with van der Waals surface area (Å²) in [6, 6.07) is 14.5. The first kappa shape index (κ1) is 19.4. The van der Waals surface area contributed by atoms with E-state index in [2.05, 4.69) is 10.3 Å². The Labute approximate surface area is 183 Å². The van der Waals surface area contributed by atoms with Gasteiger partial charge in [0.05, 0.1) is 10.7 Å². The Kier molecular flexibility index (Phi) is 4.75. The Morgan fingerprint density at radius 3 is 2.71 bits per heavy atom. The smallest absolute Gasteiger partial charge is 0.292 e. The summed E-state index contributed by atoms with van der Waals surface area (Å²) in [7, 11) is 0. The van der Waals surface area contributed by atoms with Crippen LogP contribution in [-0.2, 0) is 4.79 Å². The predicted octanol–water partition coefficient (Wildman–Crippen LogP) is 4.94. The second kappa shape index (κ2) is 7.59. The van der Waals surface area contributed by atoms with Crippen molar-refractivity contribution in [1.82, 2.24) is 9.38 Å². The molecule has 0 atom stereocenters. The molecule has 0 spiro atoms. The van der Waals surface area contributed by atoms with E-state index in [0.717, 1.165) is 24.2 Å². The molecule has 1 saturated heterocycles. The van der Waals surface area contributed by atoms with Crippen molar-refractivity contribution in [2.24, 2.45) is 0 Å². The number of benzene rings is 1. The SMILES string of the molecule is Cc1nc2c(Cl)cccn2c1NC(=O)c1ccc(-c2ccc(N3CCCC3=O)cc2)o1. The Hall–Kier alpha value is -3.58. The van der Waals surface area contributed by atoms with Crippen molar-refractivity contribution in [1.29, 1.82) is 0 Å². The molecule has 1 aliphatic rings. The number of amides is 2. The molecule has 1 aliphatic heterocycles. The molecular formula is C23H19ClN4O3. The molecule has 5 rings (SSSR count). The third-order valence-electron chi connectivity index (χ3n) is 5.38. The fourth-order valence-electron chi connectivity index (χ4n) is 3.81. The fourth-order valence-corrected chi connectivity index (χ4v) is 4.02. The number of anilines is 2. The van der Waals surface area contributed by atoms with E-state index in [4.69, 9.17) is 16.0 Å². The van der Waals surface area contributed by atoms with E-state index in [1.165, 1.54) is 0 Å². The monoisotopic (exact) mass is 434 g/mol. The third-order valence-corrected chi connectivity index (χ3v) is 5.67. The zero-order valence-corrected chi connectivity index (χ0v) is 17.5. The number of rotatable bonds is 4. The normalized spacial score (nSPS) is 13.9. The summed E-state index contributed by atoms with van der Waals surface area (Å²) in [5.41, 5.74) is 2.93. The van der Waals surface area contributed by atoms with Crippen LogP contribution in [0.15, 0.2) is 59.1 Å². The van der Waals surface area contributed by atoms with Gasteiger partial charge in [-0.1, -0.05) is 11.6 Å². The maximum atomic E-state index is 12.8.